The van der Waals surface area contributed by atoms with Crippen molar-refractivity contribution in [3.63, 3.8) is 0 Å². The molecular weight excluding hydrogens is 205 g/mol. The Kier molecular flexibility index (Phi) is 3.15. The van der Waals surface area contributed by atoms with Gasteiger partial charge in [0.15, 0.2) is 0 Å². The number of aliphatic hydroxyl groups excluding tert-OH is 1. The van der Waals surface area contributed by atoms with Crippen LogP contribution in [0.15, 0.2) is 18.2 Å². The summed E-state index contributed by atoms with van der Waals surface area (Å²) < 4.78 is 13.9. The highest BCUT2D eigenvalue weighted by molar-refractivity contribution is 5.51. The highest BCUT2D eigenvalue weighted by Gasteiger charge is 2.23. The molecule has 1 fully saturated rings. The summed E-state index contributed by atoms with van der Waals surface area (Å²) in [5.41, 5.74) is 1.29. The van der Waals surface area contributed by atoms with E-state index in [0.717, 1.165) is 19.4 Å². The van der Waals surface area contributed by atoms with E-state index in [1.54, 1.807) is 19.1 Å². The van der Waals surface area contributed by atoms with E-state index in [1.807, 2.05) is 0 Å². The lowest BCUT2D eigenvalue weighted by atomic mass is 10.1. The van der Waals surface area contributed by atoms with E-state index in [-0.39, 0.29) is 5.82 Å². The van der Waals surface area contributed by atoms with Crippen molar-refractivity contribution in [3.05, 3.63) is 29.6 Å². The number of anilines is 1. The number of nitrogens with zero attached hydrogens (tertiary/aromatic N) is 1. The van der Waals surface area contributed by atoms with Crippen LogP contribution in [0.5, 0.6) is 0 Å². The third-order valence-corrected chi connectivity index (χ3v) is 3.32. The van der Waals surface area contributed by atoms with Gasteiger partial charge in [0.25, 0.3) is 0 Å². The standard InChI is InChI=1S/C13H18FNO/c1-9-4-3-7-15(9)13-6-5-11(10(2)16)8-12(13)14/h5-6,8-10,16H,3-4,7H2,1-2H3/t9?,10-/m0/s1. The summed E-state index contributed by atoms with van der Waals surface area (Å²) in [7, 11) is 0. The first-order chi connectivity index (χ1) is 7.59. The van der Waals surface area contributed by atoms with Gasteiger partial charge in [0, 0.05) is 12.6 Å². The molecule has 1 saturated heterocycles. The summed E-state index contributed by atoms with van der Waals surface area (Å²) >= 11 is 0. The molecule has 16 heavy (non-hydrogen) atoms. The Morgan fingerprint density at radius 2 is 2.25 bits per heavy atom. The molecule has 0 amide bonds. The first-order valence-electron chi connectivity index (χ1n) is 5.83. The van der Waals surface area contributed by atoms with Crippen LogP contribution in [0, 0.1) is 5.82 Å². The molecule has 0 spiro atoms. The average molecular weight is 223 g/mol. The Hall–Kier alpha value is -1.09. The fourth-order valence-corrected chi connectivity index (χ4v) is 2.31. The van der Waals surface area contributed by atoms with Crippen LogP contribution in [0.4, 0.5) is 10.1 Å². The second-order valence-electron chi connectivity index (χ2n) is 4.57. The lowest BCUT2D eigenvalue weighted by molar-refractivity contribution is 0.199. The van der Waals surface area contributed by atoms with Gasteiger partial charge >= 0.3 is 0 Å². The zero-order chi connectivity index (χ0) is 11.7. The van der Waals surface area contributed by atoms with Crippen LogP contribution in [-0.4, -0.2) is 17.7 Å². The van der Waals surface area contributed by atoms with Gasteiger partial charge in [0.2, 0.25) is 0 Å². The second-order valence-corrected chi connectivity index (χ2v) is 4.57. The minimum atomic E-state index is -0.612. The van der Waals surface area contributed by atoms with Crippen molar-refractivity contribution in [1.82, 2.24) is 0 Å². The average Bonchev–Trinajstić information content (AvgIpc) is 2.64. The molecule has 1 heterocycles. The number of aliphatic hydroxyl groups is 1. The molecule has 1 N–H and O–H groups in total. The van der Waals surface area contributed by atoms with Gasteiger partial charge in [0.1, 0.15) is 5.82 Å². The molecule has 0 radical (unpaired) electrons. The zero-order valence-electron chi connectivity index (χ0n) is 9.78. The number of hydrogen-bond acceptors (Lipinski definition) is 2. The second kappa shape index (κ2) is 4.42. The summed E-state index contributed by atoms with van der Waals surface area (Å²) in [6, 6.07) is 5.42. The maximum Gasteiger partial charge on any atom is 0.146 e. The molecule has 1 aromatic carbocycles. The third kappa shape index (κ3) is 2.05. The van der Waals surface area contributed by atoms with Crippen molar-refractivity contribution in [2.75, 3.05) is 11.4 Å². The lowest BCUT2D eigenvalue weighted by Crippen LogP contribution is -2.27. The smallest absolute Gasteiger partial charge is 0.146 e. The Morgan fingerprint density at radius 1 is 1.50 bits per heavy atom. The third-order valence-electron chi connectivity index (χ3n) is 3.32. The molecule has 1 aromatic rings. The maximum atomic E-state index is 13.9. The quantitative estimate of drug-likeness (QED) is 0.833. The van der Waals surface area contributed by atoms with Crippen molar-refractivity contribution in [1.29, 1.82) is 0 Å². The summed E-state index contributed by atoms with van der Waals surface area (Å²) in [4.78, 5) is 2.10. The SMILES string of the molecule is CC1CCCN1c1ccc([C@H](C)O)cc1F. The zero-order valence-corrected chi connectivity index (χ0v) is 9.78. The fraction of sp³-hybridized carbons (Fsp3) is 0.538. The molecule has 0 saturated carbocycles. The summed E-state index contributed by atoms with van der Waals surface area (Å²) in [6.45, 7) is 4.69. The van der Waals surface area contributed by atoms with Crippen molar-refractivity contribution in [2.24, 2.45) is 0 Å². The molecule has 2 atom stereocenters. The van der Waals surface area contributed by atoms with Gasteiger partial charge in [-0.05, 0) is 44.4 Å². The van der Waals surface area contributed by atoms with E-state index in [2.05, 4.69) is 11.8 Å². The van der Waals surface area contributed by atoms with Crippen LogP contribution < -0.4 is 4.90 Å². The predicted molar refractivity (Wildman–Crippen MR) is 63.1 cm³/mol. The highest BCUT2D eigenvalue weighted by Crippen LogP contribution is 2.29. The maximum absolute atomic E-state index is 13.9. The fourth-order valence-electron chi connectivity index (χ4n) is 2.31. The van der Waals surface area contributed by atoms with Crippen LogP contribution in [0.2, 0.25) is 0 Å². The van der Waals surface area contributed by atoms with Gasteiger partial charge in [0.05, 0.1) is 11.8 Å². The molecule has 1 aliphatic rings. The summed E-state index contributed by atoms with van der Waals surface area (Å²) in [5, 5.41) is 9.38. The van der Waals surface area contributed by atoms with Gasteiger partial charge in [-0.25, -0.2) is 4.39 Å². The van der Waals surface area contributed by atoms with E-state index in [9.17, 15) is 9.50 Å². The van der Waals surface area contributed by atoms with E-state index in [1.165, 1.54) is 6.07 Å². The van der Waals surface area contributed by atoms with Crippen molar-refractivity contribution < 1.29 is 9.50 Å². The topological polar surface area (TPSA) is 23.5 Å². The summed E-state index contributed by atoms with van der Waals surface area (Å²) in [5.74, 6) is -0.229. The van der Waals surface area contributed by atoms with Gasteiger partial charge in [-0.1, -0.05) is 6.07 Å². The van der Waals surface area contributed by atoms with E-state index >= 15 is 0 Å². The van der Waals surface area contributed by atoms with Crippen LogP contribution >= 0.6 is 0 Å². The Bertz CT molecular complexity index is 378. The van der Waals surface area contributed by atoms with Gasteiger partial charge in [-0.15, -0.1) is 0 Å². The molecule has 1 unspecified atom stereocenters. The van der Waals surface area contributed by atoms with Crippen molar-refractivity contribution in [2.45, 2.75) is 38.8 Å². The Morgan fingerprint density at radius 3 is 2.75 bits per heavy atom. The molecule has 2 nitrogen and oxygen atoms in total. The number of hydrogen-bond donors (Lipinski definition) is 1. The lowest BCUT2D eigenvalue weighted by Gasteiger charge is -2.24. The van der Waals surface area contributed by atoms with Gasteiger partial charge < -0.3 is 10.0 Å². The van der Waals surface area contributed by atoms with Crippen molar-refractivity contribution in [3.8, 4) is 0 Å². The first kappa shape index (κ1) is 11.4. The number of halogens is 1. The van der Waals surface area contributed by atoms with Crippen LogP contribution in [-0.2, 0) is 0 Å². The Labute approximate surface area is 95.7 Å². The van der Waals surface area contributed by atoms with Crippen LogP contribution in [0.3, 0.4) is 0 Å². The number of benzene rings is 1. The van der Waals surface area contributed by atoms with E-state index in [4.69, 9.17) is 0 Å². The summed E-state index contributed by atoms with van der Waals surface area (Å²) in [6.07, 6.45) is 1.63. The molecular formula is C13H18FNO. The van der Waals surface area contributed by atoms with Gasteiger partial charge in [-0.3, -0.25) is 0 Å². The van der Waals surface area contributed by atoms with Crippen molar-refractivity contribution >= 4 is 5.69 Å². The molecule has 1 aliphatic heterocycles. The minimum Gasteiger partial charge on any atom is -0.389 e. The first-order valence-corrected chi connectivity index (χ1v) is 5.83. The monoisotopic (exact) mass is 223 g/mol. The highest BCUT2D eigenvalue weighted by atomic mass is 19.1. The normalized spacial score (nSPS) is 22.5. The Balaban J connectivity index is 2.28. The van der Waals surface area contributed by atoms with E-state index < -0.39 is 6.10 Å². The molecule has 0 bridgehead atoms. The van der Waals surface area contributed by atoms with Crippen LogP contribution in [0.25, 0.3) is 0 Å². The van der Waals surface area contributed by atoms with Gasteiger partial charge in [-0.2, -0.15) is 0 Å². The minimum absolute atomic E-state index is 0.229. The molecule has 0 aromatic heterocycles. The largest absolute Gasteiger partial charge is 0.389 e. The molecule has 2 rings (SSSR count). The number of rotatable bonds is 2. The molecule has 88 valence electrons. The predicted octanol–water partition coefficient (Wildman–Crippen LogP) is 2.87. The molecule has 0 aliphatic carbocycles. The molecule has 3 heteroatoms. The van der Waals surface area contributed by atoms with E-state index in [0.29, 0.717) is 17.3 Å². The van der Waals surface area contributed by atoms with Crippen LogP contribution in [0.1, 0.15) is 38.4 Å².